The molecule has 1 atom stereocenters. The number of hydrogen-bond acceptors (Lipinski definition) is 2. The van der Waals surface area contributed by atoms with Crippen molar-refractivity contribution in [2.45, 2.75) is 31.9 Å². The van der Waals surface area contributed by atoms with Crippen molar-refractivity contribution in [2.24, 2.45) is 5.92 Å². The predicted octanol–water partition coefficient (Wildman–Crippen LogP) is 3.18. The number of benzene rings is 1. The lowest BCUT2D eigenvalue weighted by atomic mass is 9.96. The minimum Gasteiger partial charge on any atom is -0.356 e. The summed E-state index contributed by atoms with van der Waals surface area (Å²) >= 11 is 0. The molecule has 2 N–H and O–H groups in total. The maximum Gasteiger partial charge on any atom is 0.416 e. The Balaban J connectivity index is 0.00000264. The van der Waals surface area contributed by atoms with Gasteiger partial charge in [0.05, 0.1) is 12.0 Å². The second kappa shape index (κ2) is 9.13. The highest BCUT2D eigenvalue weighted by Gasteiger charge is 2.29. The Morgan fingerprint density at radius 1 is 1.26 bits per heavy atom. The molecule has 1 unspecified atom stereocenters. The number of piperidine rings is 1. The largest absolute Gasteiger partial charge is 0.416 e. The Bertz CT molecular complexity index is 485. The lowest BCUT2D eigenvalue weighted by Gasteiger charge is -2.22. The first-order valence-electron chi connectivity index (χ1n) is 7.58. The molecule has 1 aliphatic heterocycles. The Kier molecular flexibility index (Phi) is 7.85. The molecule has 0 aromatic heterocycles. The summed E-state index contributed by atoms with van der Waals surface area (Å²) in [5, 5.41) is 6.16. The van der Waals surface area contributed by atoms with Crippen molar-refractivity contribution < 1.29 is 18.0 Å². The van der Waals surface area contributed by atoms with Gasteiger partial charge in [0.1, 0.15) is 0 Å². The predicted molar refractivity (Wildman–Crippen MR) is 85.6 cm³/mol. The van der Waals surface area contributed by atoms with E-state index in [1.54, 1.807) is 0 Å². The average Bonchev–Trinajstić information content (AvgIpc) is 2.48. The van der Waals surface area contributed by atoms with Crippen LogP contribution in [0.25, 0.3) is 0 Å². The summed E-state index contributed by atoms with van der Waals surface area (Å²) in [6, 6.07) is 4.73. The molecule has 0 bridgehead atoms. The zero-order valence-electron chi connectivity index (χ0n) is 12.8. The molecule has 2 rings (SSSR count). The van der Waals surface area contributed by atoms with Gasteiger partial charge < -0.3 is 10.6 Å². The third kappa shape index (κ3) is 6.79. The molecule has 1 heterocycles. The highest BCUT2D eigenvalue weighted by atomic mass is 35.5. The van der Waals surface area contributed by atoms with E-state index in [-0.39, 0.29) is 24.7 Å². The number of carbonyl (C=O) groups excluding carboxylic acids is 1. The summed E-state index contributed by atoms with van der Waals surface area (Å²) < 4.78 is 37.3. The quantitative estimate of drug-likeness (QED) is 0.856. The number of alkyl halides is 3. The highest BCUT2D eigenvalue weighted by Crippen LogP contribution is 2.29. The van der Waals surface area contributed by atoms with E-state index in [2.05, 4.69) is 10.6 Å². The first-order valence-corrected chi connectivity index (χ1v) is 7.58. The van der Waals surface area contributed by atoms with Crippen molar-refractivity contribution in [2.75, 3.05) is 19.6 Å². The molecule has 130 valence electrons. The number of hydrogen-bond donors (Lipinski definition) is 2. The molecule has 1 amide bonds. The standard InChI is InChI=1S/C16H21F3N2O.ClH/c17-16(18,19)14-5-3-12(4-6-14)10-15(22)21-9-7-13-2-1-8-20-11-13;/h3-6,13,20H,1-2,7-11H2,(H,21,22);1H. The van der Waals surface area contributed by atoms with Gasteiger partial charge in [0.15, 0.2) is 0 Å². The summed E-state index contributed by atoms with van der Waals surface area (Å²) in [7, 11) is 0. The van der Waals surface area contributed by atoms with E-state index in [0.717, 1.165) is 31.6 Å². The lowest BCUT2D eigenvalue weighted by molar-refractivity contribution is -0.137. The molecule has 23 heavy (non-hydrogen) atoms. The van der Waals surface area contributed by atoms with Gasteiger partial charge in [-0.05, 0) is 56.0 Å². The molecule has 3 nitrogen and oxygen atoms in total. The van der Waals surface area contributed by atoms with E-state index in [1.165, 1.54) is 25.0 Å². The second-order valence-corrected chi connectivity index (χ2v) is 5.72. The van der Waals surface area contributed by atoms with Crippen LogP contribution in [0.2, 0.25) is 0 Å². The molecule has 0 saturated carbocycles. The molecule has 0 spiro atoms. The van der Waals surface area contributed by atoms with E-state index in [9.17, 15) is 18.0 Å². The van der Waals surface area contributed by atoms with Crippen LogP contribution in [0.5, 0.6) is 0 Å². The van der Waals surface area contributed by atoms with Crippen LogP contribution in [0.4, 0.5) is 13.2 Å². The summed E-state index contributed by atoms with van der Waals surface area (Å²) in [5.74, 6) is 0.448. The normalized spacial score (nSPS) is 18.1. The first kappa shape index (κ1) is 19.8. The number of halogens is 4. The topological polar surface area (TPSA) is 41.1 Å². The average molecular weight is 351 g/mol. The molecule has 1 aromatic rings. The van der Waals surface area contributed by atoms with Gasteiger partial charge in [-0.2, -0.15) is 13.2 Å². The fourth-order valence-electron chi connectivity index (χ4n) is 2.65. The van der Waals surface area contributed by atoms with Crippen LogP contribution in [0.15, 0.2) is 24.3 Å². The van der Waals surface area contributed by atoms with Crippen molar-refractivity contribution in [1.29, 1.82) is 0 Å². The fourth-order valence-corrected chi connectivity index (χ4v) is 2.65. The van der Waals surface area contributed by atoms with Gasteiger partial charge in [-0.1, -0.05) is 12.1 Å². The van der Waals surface area contributed by atoms with Crippen LogP contribution >= 0.6 is 12.4 Å². The van der Waals surface area contributed by atoms with Gasteiger partial charge in [0.2, 0.25) is 5.91 Å². The van der Waals surface area contributed by atoms with Crippen molar-refractivity contribution in [1.82, 2.24) is 10.6 Å². The maximum absolute atomic E-state index is 12.4. The van der Waals surface area contributed by atoms with Gasteiger partial charge in [-0.3, -0.25) is 4.79 Å². The van der Waals surface area contributed by atoms with E-state index in [1.807, 2.05) is 0 Å². The molecule has 1 fully saturated rings. The van der Waals surface area contributed by atoms with Crippen LogP contribution in [0.1, 0.15) is 30.4 Å². The molecule has 0 aliphatic carbocycles. The highest BCUT2D eigenvalue weighted by molar-refractivity contribution is 5.85. The second-order valence-electron chi connectivity index (χ2n) is 5.72. The third-order valence-corrected chi connectivity index (χ3v) is 3.92. The van der Waals surface area contributed by atoms with E-state index >= 15 is 0 Å². The molecule has 1 aromatic carbocycles. The van der Waals surface area contributed by atoms with E-state index in [0.29, 0.717) is 18.0 Å². The van der Waals surface area contributed by atoms with Gasteiger partial charge in [0, 0.05) is 6.54 Å². The lowest BCUT2D eigenvalue weighted by Crippen LogP contribution is -2.33. The van der Waals surface area contributed by atoms with Crippen LogP contribution in [0.3, 0.4) is 0 Å². The van der Waals surface area contributed by atoms with E-state index < -0.39 is 11.7 Å². The molecular weight excluding hydrogens is 329 g/mol. The Morgan fingerprint density at radius 3 is 2.52 bits per heavy atom. The zero-order chi connectivity index (χ0) is 16.0. The Labute approximate surface area is 140 Å². The van der Waals surface area contributed by atoms with Crippen molar-refractivity contribution in [3.8, 4) is 0 Å². The minimum atomic E-state index is -4.34. The smallest absolute Gasteiger partial charge is 0.356 e. The van der Waals surface area contributed by atoms with Gasteiger partial charge in [0.25, 0.3) is 0 Å². The van der Waals surface area contributed by atoms with Crippen molar-refractivity contribution in [3.63, 3.8) is 0 Å². The summed E-state index contributed by atoms with van der Waals surface area (Å²) in [6.07, 6.45) is -0.937. The van der Waals surface area contributed by atoms with Crippen LogP contribution in [-0.2, 0) is 17.4 Å². The third-order valence-electron chi connectivity index (χ3n) is 3.92. The minimum absolute atomic E-state index is 0. The molecular formula is C16H22ClF3N2O. The van der Waals surface area contributed by atoms with Crippen LogP contribution in [-0.4, -0.2) is 25.5 Å². The Hall–Kier alpha value is -1.27. The summed E-state index contributed by atoms with van der Waals surface area (Å²) in [4.78, 5) is 11.8. The zero-order valence-corrected chi connectivity index (χ0v) is 13.6. The number of rotatable bonds is 5. The van der Waals surface area contributed by atoms with E-state index in [4.69, 9.17) is 0 Å². The van der Waals surface area contributed by atoms with Gasteiger partial charge >= 0.3 is 6.18 Å². The van der Waals surface area contributed by atoms with Gasteiger partial charge in [-0.15, -0.1) is 12.4 Å². The number of amides is 1. The van der Waals surface area contributed by atoms with Crippen LogP contribution in [0, 0.1) is 5.92 Å². The number of nitrogens with one attached hydrogen (secondary N) is 2. The van der Waals surface area contributed by atoms with Gasteiger partial charge in [-0.25, -0.2) is 0 Å². The fraction of sp³-hybridized carbons (Fsp3) is 0.562. The Morgan fingerprint density at radius 2 is 1.96 bits per heavy atom. The molecule has 1 saturated heterocycles. The number of carbonyl (C=O) groups is 1. The monoisotopic (exact) mass is 350 g/mol. The molecule has 1 aliphatic rings. The summed E-state index contributed by atoms with van der Waals surface area (Å²) in [6.45, 7) is 2.68. The van der Waals surface area contributed by atoms with Crippen LogP contribution < -0.4 is 10.6 Å². The molecule has 0 radical (unpaired) electrons. The van der Waals surface area contributed by atoms with Crippen molar-refractivity contribution >= 4 is 18.3 Å². The maximum atomic E-state index is 12.4. The first-order chi connectivity index (χ1) is 10.4. The molecule has 7 heteroatoms. The SMILES string of the molecule is Cl.O=C(Cc1ccc(C(F)(F)F)cc1)NCCC1CCCNC1. The summed E-state index contributed by atoms with van der Waals surface area (Å²) in [5.41, 5.74) is -0.105. The van der Waals surface area contributed by atoms with Crippen molar-refractivity contribution in [3.05, 3.63) is 35.4 Å².